The number of rotatable bonds is 9. The number of guanidine groups is 1. The maximum atomic E-state index is 5.96. The predicted octanol–water partition coefficient (Wildman–Crippen LogP) is 3.39. The van der Waals surface area contributed by atoms with E-state index in [4.69, 9.17) is 14.2 Å². The summed E-state index contributed by atoms with van der Waals surface area (Å²) in [5.41, 5.74) is 2.35. The van der Waals surface area contributed by atoms with Crippen LogP contribution in [-0.2, 0) is 9.47 Å². The number of halogens is 1. The van der Waals surface area contributed by atoms with Crippen molar-refractivity contribution >= 4 is 29.9 Å². The number of para-hydroxylation sites is 1. The summed E-state index contributed by atoms with van der Waals surface area (Å²) in [5.74, 6) is 1.93. The van der Waals surface area contributed by atoms with Crippen molar-refractivity contribution in [3.05, 3.63) is 29.3 Å². The fraction of sp³-hybridized carbons (Fsp3) is 0.667. The smallest absolute Gasteiger partial charge is 0.193 e. The van der Waals surface area contributed by atoms with E-state index in [1.165, 1.54) is 11.1 Å². The van der Waals surface area contributed by atoms with Crippen molar-refractivity contribution in [3.8, 4) is 5.75 Å². The summed E-state index contributed by atoms with van der Waals surface area (Å²) in [7, 11) is 3.56. The van der Waals surface area contributed by atoms with Gasteiger partial charge < -0.3 is 24.4 Å². The van der Waals surface area contributed by atoms with E-state index in [9.17, 15) is 0 Å². The Kier molecular flexibility index (Phi) is 12.5. The van der Waals surface area contributed by atoms with E-state index in [0.717, 1.165) is 63.8 Å². The Labute approximate surface area is 187 Å². The van der Waals surface area contributed by atoms with E-state index in [0.29, 0.717) is 12.7 Å². The van der Waals surface area contributed by atoms with Gasteiger partial charge in [-0.3, -0.25) is 4.99 Å². The topological polar surface area (TPSA) is 55.3 Å². The summed E-state index contributed by atoms with van der Waals surface area (Å²) in [6, 6.07) is 6.22. The molecule has 1 saturated heterocycles. The van der Waals surface area contributed by atoms with Crippen molar-refractivity contribution in [1.82, 2.24) is 10.2 Å². The molecule has 1 heterocycles. The van der Waals surface area contributed by atoms with Gasteiger partial charge in [-0.15, -0.1) is 24.0 Å². The average Bonchev–Trinajstić information content (AvgIpc) is 2.68. The van der Waals surface area contributed by atoms with Gasteiger partial charge >= 0.3 is 0 Å². The van der Waals surface area contributed by atoms with Gasteiger partial charge in [0.2, 0.25) is 0 Å². The molecule has 0 atom stereocenters. The molecule has 1 aromatic carbocycles. The molecule has 0 saturated carbocycles. The van der Waals surface area contributed by atoms with Crippen LogP contribution in [0.15, 0.2) is 23.2 Å². The van der Waals surface area contributed by atoms with Gasteiger partial charge in [-0.2, -0.15) is 0 Å². The van der Waals surface area contributed by atoms with Crippen LogP contribution in [0.5, 0.6) is 5.75 Å². The van der Waals surface area contributed by atoms with Crippen molar-refractivity contribution in [1.29, 1.82) is 0 Å². The van der Waals surface area contributed by atoms with Gasteiger partial charge in [0.05, 0.1) is 12.6 Å². The third-order valence-corrected chi connectivity index (χ3v) is 4.84. The molecule has 0 unspecified atom stereocenters. The number of aryl methyl sites for hydroxylation is 2. The van der Waals surface area contributed by atoms with Crippen LogP contribution in [0.4, 0.5) is 0 Å². The van der Waals surface area contributed by atoms with Crippen molar-refractivity contribution in [3.63, 3.8) is 0 Å². The van der Waals surface area contributed by atoms with Gasteiger partial charge in [-0.25, -0.2) is 0 Å². The molecule has 1 aliphatic rings. The van der Waals surface area contributed by atoms with Crippen LogP contribution in [0, 0.1) is 13.8 Å². The van der Waals surface area contributed by atoms with Gasteiger partial charge in [0, 0.05) is 40.5 Å². The van der Waals surface area contributed by atoms with Gasteiger partial charge in [-0.05, 0) is 44.2 Å². The fourth-order valence-corrected chi connectivity index (χ4v) is 3.36. The van der Waals surface area contributed by atoms with Crippen LogP contribution >= 0.6 is 24.0 Å². The van der Waals surface area contributed by atoms with Crippen LogP contribution in [0.3, 0.4) is 0 Å². The second-order valence-electron chi connectivity index (χ2n) is 6.95. The van der Waals surface area contributed by atoms with Crippen molar-refractivity contribution < 1.29 is 14.2 Å². The summed E-state index contributed by atoms with van der Waals surface area (Å²) >= 11 is 0. The second-order valence-corrected chi connectivity index (χ2v) is 6.95. The zero-order valence-electron chi connectivity index (χ0n) is 17.7. The lowest BCUT2D eigenvalue weighted by molar-refractivity contribution is 0.00989. The number of ether oxygens (including phenoxy) is 3. The molecule has 0 amide bonds. The molecule has 2 rings (SSSR count). The Hall–Kier alpha value is -1.06. The van der Waals surface area contributed by atoms with Crippen LogP contribution in [0.25, 0.3) is 0 Å². The highest BCUT2D eigenvalue weighted by atomic mass is 127. The van der Waals surface area contributed by atoms with Crippen LogP contribution < -0.4 is 10.1 Å². The monoisotopic (exact) mass is 505 g/mol. The first kappa shape index (κ1) is 25.0. The highest BCUT2D eigenvalue weighted by Crippen LogP contribution is 2.22. The van der Waals surface area contributed by atoms with E-state index in [1.54, 1.807) is 7.11 Å². The molecular weight excluding hydrogens is 469 g/mol. The lowest BCUT2D eigenvalue weighted by Gasteiger charge is -2.34. The number of likely N-dealkylation sites (tertiary alicyclic amines) is 1. The van der Waals surface area contributed by atoms with Crippen LogP contribution in [-0.4, -0.2) is 70.6 Å². The lowest BCUT2D eigenvalue weighted by atomic mass is 10.1. The molecule has 1 aliphatic heterocycles. The SMILES string of the molecule is CN=C(NCCOc1c(C)cccc1C)N1CCC(OCCCOC)CC1.I. The Bertz CT molecular complexity index is 570. The molecule has 1 aromatic rings. The van der Waals surface area contributed by atoms with Crippen molar-refractivity contribution in [2.24, 2.45) is 4.99 Å². The maximum Gasteiger partial charge on any atom is 0.193 e. The number of nitrogens with zero attached hydrogens (tertiary/aromatic N) is 2. The lowest BCUT2D eigenvalue weighted by Crippen LogP contribution is -2.47. The number of nitrogens with one attached hydrogen (secondary N) is 1. The predicted molar refractivity (Wildman–Crippen MR) is 125 cm³/mol. The molecule has 1 fully saturated rings. The fourth-order valence-electron chi connectivity index (χ4n) is 3.36. The first-order valence-corrected chi connectivity index (χ1v) is 9.91. The molecule has 28 heavy (non-hydrogen) atoms. The van der Waals surface area contributed by atoms with Crippen LogP contribution in [0.2, 0.25) is 0 Å². The van der Waals surface area contributed by atoms with Gasteiger partial charge in [-0.1, -0.05) is 18.2 Å². The zero-order chi connectivity index (χ0) is 19.5. The van der Waals surface area contributed by atoms with E-state index in [-0.39, 0.29) is 24.0 Å². The molecule has 0 radical (unpaired) electrons. The summed E-state index contributed by atoms with van der Waals surface area (Å²) in [6.45, 7) is 8.98. The summed E-state index contributed by atoms with van der Waals surface area (Å²) < 4.78 is 17.0. The van der Waals surface area contributed by atoms with Gasteiger partial charge in [0.15, 0.2) is 5.96 Å². The number of benzene rings is 1. The van der Waals surface area contributed by atoms with E-state index in [2.05, 4.69) is 47.3 Å². The Morgan fingerprint density at radius 2 is 1.82 bits per heavy atom. The second kappa shape index (κ2) is 14.0. The van der Waals surface area contributed by atoms with E-state index in [1.807, 2.05) is 7.05 Å². The number of hydrogen-bond donors (Lipinski definition) is 1. The average molecular weight is 505 g/mol. The molecular formula is C21H36IN3O3. The molecule has 0 aliphatic carbocycles. The highest BCUT2D eigenvalue weighted by molar-refractivity contribution is 14.0. The Balaban J connectivity index is 0.00000392. The summed E-state index contributed by atoms with van der Waals surface area (Å²) in [5, 5.41) is 3.42. The summed E-state index contributed by atoms with van der Waals surface area (Å²) in [4.78, 5) is 6.72. The molecule has 0 spiro atoms. The minimum absolute atomic E-state index is 0. The molecule has 160 valence electrons. The number of methoxy groups -OCH3 is 1. The molecule has 6 nitrogen and oxygen atoms in total. The van der Waals surface area contributed by atoms with E-state index < -0.39 is 0 Å². The first-order chi connectivity index (χ1) is 13.2. The summed E-state index contributed by atoms with van der Waals surface area (Å²) in [6.07, 6.45) is 3.38. The Morgan fingerprint density at radius 1 is 1.14 bits per heavy atom. The third-order valence-electron chi connectivity index (χ3n) is 4.84. The Morgan fingerprint density at radius 3 is 2.43 bits per heavy atom. The van der Waals surface area contributed by atoms with Crippen molar-refractivity contribution in [2.75, 3.05) is 53.6 Å². The minimum atomic E-state index is 0. The largest absolute Gasteiger partial charge is 0.491 e. The van der Waals surface area contributed by atoms with Gasteiger partial charge in [0.25, 0.3) is 0 Å². The molecule has 1 N–H and O–H groups in total. The molecule has 7 heteroatoms. The quantitative estimate of drug-likeness (QED) is 0.241. The third kappa shape index (κ3) is 8.13. The maximum absolute atomic E-state index is 5.96. The molecule has 0 bridgehead atoms. The van der Waals surface area contributed by atoms with E-state index >= 15 is 0 Å². The number of aliphatic imine (C=N–C) groups is 1. The standard InChI is InChI=1S/C21H35N3O3.HI/c1-17-7-5-8-18(2)20(17)27-16-11-23-21(22-3)24-12-9-19(10-13-24)26-15-6-14-25-4;/h5,7-8,19H,6,9-16H2,1-4H3,(H,22,23);1H. The minimum Gasteiger partial charge on any atom is -0.491 e. The highest BCUT2D eigenvalue weighted by Gasteiger charge is 2.21. The zero-order valence-corrected chi connectivity index (χ0v) is 20.0. The number of hydrogen-bond acceptors (Lipinski definition) is 4. The number of piperidine rings is 1. The van der Waals surface area contributed by atoms with Crippen LogP contribution in [0.1, 0.15) is 30.4 Å². The van der Waals surface area contributed by atoms with Gasteiger partial charge in [0.1, 0.15) is 12.4 Å². The first-order valence-electron chi connectivity index (χ1n) is 9.91. The van der Waals surface area contributed by atoms with Crippen molar-refractivity contribution in [2.45, 2.75) is 39.2 Å². The normalized spacial score (nSPS) is 15.3. The molecule has 0 aromatic heterocycles.